The number of amides is 2. The second-order valence-electron chi connectivity index (χ2n) is 6.35. The Bertz CT molecular complexity index is 616. The van der Waals surface area contributed by atoms with E-state index in [4.69, 9.17) is 10.5 Å². The molecule has 22 heavy (non-hydrogen) atoms. The number of benzene rings is 1. The lowest BCUT2D eigenvalue weighted by Gasteiger charge is -2.52. The standard InChI is InChI=1S/C17H22N2O3/c1-3-4-9-19-16(21)14(15(18)20)12-10-17(19,2)22-13-8-6-5-7-11(12)13/h5-8,12,14H,3-4,9-10H2,1-2H3,(H2,18,20)/t12-,14+,17+/m0/s1. The summed E-state index contributed by atoms with van der Waals surface area (Å²) >= 11 is 0. The highest BCUT2D eigenvalue weighted by Gasteiger charge is 2.55. The van der Waals surface area contributed by atoms with Crippen molar-refractivity contribution in [2.24, 2.45) is 11.7 Å². The van der Waals surface area contributed by atoms with E-state index in [2.05, 4.69) is 6.92 Å². The Hall–Kier alpha value is -2.04. The first-order valence-corrected chi connectivity index (χ1v) is 7.86. The lowest BCUT2D eigenvalue weighted by Crippen LogP contribution is -2.64. The molecule has 118 valence electrons. The van der Waals surface area contributed by atoms with Gasteiger partial charge < -0.3 is 15.4 Å². The van der Waals surface area contributed by atoms with Gasteiger partial charge in [0, 0.05) is 18.9 Å². The Balaban J connectivity index is 2.07. The molecule has 1 aromatic rings. The first-order chi connectivity index (χ1) is 10.5. The van der Waals surface area contributed by atoms with Crippen LogP contribution in [0.3, 0.4) is 0 Å². The first-order valence-electron chi connectivity index (χ1n) is 7.86. The number of rotatable bonds is 4. The van der Waals surface area contributed by atoms with Crippen molar-refractivity contribution >= 4 is 11.8 Å². The molecule has 0 unspecified atom stereocenters. The van der Waals surface area contributed by atoms with E-state index >= 15 is 0 Å². The van der Waals surface area contributed by atoms with Crippen LogP contribution in [-0.2, 0) is 9.59 Å². The predicted octanol–water partition coefficient (Wildman–Crippen LogP) is 2.01. The van der Waals surface area contributed by atoms with E-state index in [0.717, 1.165) is 24.2 Å². The number of nitrogens with two attached hydrogens (primary N) is 1. The number of hydrogen-bond acceptors (Lipinski definition) is 3. The summed E-state index contributed by atoms with van der Waals surface area (Å²) in [6, 6.07) is 7.62. The molecule has 2 heterocycles. The molecule has 0 aliphatic carbocycles. The number of primary amides is 1. The van der Waals surface area contributed by atoms with Gasteiger partial charge in [-0.3, -0.25) is 9.59 Å². The van der Waals surface area contributed by atoms with Crippen molar-refractivity contribution in [1.82, 2.24) is 4.90 Å². The van der Waals surface area contributed by atoms with Gasteiger partial charge in [0.25, 0.3) is 0 Å². The van der Waals surface area contributed by atoms with Crippen LogP contribution >= 0.6 is 0 Å². The molecule has 1 fully saturated rings. The van der Waals surface area contributed by atoms with Gasteiger partial charge in [-0.05, 0) is 25.0 Å². The van der Waals surface area contributed by atoms with Crippen LogP contribution in [0.25, 0.3) is 0 Å². The molecule has 0 spiro atoms. The van der Waals surface area contributed by atoms with Gasteiger partial charge in [0.1, 0.15) is 11.7 Å². The number of nitrogens with zero attached hydrogens (tertiary/aromatic N) is 1. The van der Waals surface area contributed by atoms with Gasteiger partial charge in [-0.25, -0.2) is 0 Å². The van der Waals surface area contributed by atoms with Gasteiger partial charge in [-0.2, -0.15) is 0 Å². The van der Waals surface area contributed by atoms with Gasteiger partial charge in [0.15, 0.2) is 5.72 Å². The number of likely N-dealkylation sites (tertiary alicyclic amines) is 1. The van der Waals surface area contributed by atoms with Crippen LogP contribution in [0.1, 0.15) is 44.6 Å². The smallest absolute Gasteiger partial charge is 0.238 e. The van der Waals surface area contributed by atoms with E-state index in [1.807, 2.05) is 31.2 Å². The zero-order valence-electron chi connectivity index (χ0n) is 13.0. The van der Waals surface area contributed by atoms with Gasteiger partial charge in [0.05, 0.1) is 0 Å². The average molecular weight is 302 g/mol. The van der Waals surface area contributed by atoms with Crippen LogP contribution in [0.15, 0.2) is 24.3 Å². The minimum atomic E-state index is -0.796. The average Bonchev–Trinajstić information content (AvgIpc) is 2.46. The number of carbonyl (C=O) groups excluding carboxylic acids is 2. The van der Waals surface area contributed by atoms with E-state index in [0.29, 0.717) is 13.0 Å². The number of piperidine rings is 1. The Morgan fingerprint density at radius 3 is 2.86 bits per heavy atom. The fourth-order valence-corrected chi connectivity index (χ4v) is 3.70. The molecule has 5 heteroatoms. The number of fused-ring (bicyclic) bond motifs is 4. The van der Waals surface area contributed by atoms with Crippen LogP contribution in [0, 0.1) is 5.92 Å². The van der Waals surface area contributed by atoms with E-state index < -0.39 is 17.6 Å². The monoisotopic (exact) mass is 302 g/mol. The third kappa shape index (κ3) is 2.16. The minimum absolute atomic E-state index is 0.196. The largest absolute Gasteiger partial charge is 0.468 e. The highest BCUT2D eigenvalue weighted by molar-refractivity contribution is 6.01. The molecule has 0 saturated carbocycles. The van der Waals surface area contributed by atoms with Crippen molar-refractivity contribution < 1.29 is 14.3 Å². The highest BCUT2D eigenvalue weighted by Crippen LogP contribution is 2.49. The van der Waals surface area contributed by atoms with Crippen molar-refractivity contribution in [3.63, 3.8) is 0 Å². The Labute approximate surface area is 130 Å². The Kier molecular flexibility index (Phi) is 3.59. The molecule has 1 aromatic carbocycles. The molecule has 3 atom stereocenters. The second kappa shape index (κ2) is 5.30. The third-order valence-corrected chi connectivity index (χ3v) is 4.79. The molecule has 2 aliphatic heterocycles. The number of hydrogen-bond donors (Lipinski definition) is 1. The number of ether oxygens (including phenoxy) is 1. The van der Waals surface area contributed by atoms with Crippen LogP contribution < -0.4 is 10.5 Å². The summed E-state index contributed by atoms with van der Waals surface area (Å²) in [5, 5.41) is 0. The minimum Gasteiger partial charge on any atom is -0.468 e. The predicted molar refractivity (Wildman–Crippen MR) is 82.1 cm³/mol. The molecular formula is C17H22N2O3. The maximum atomic E-state index is 12.8. The lowest BCUT2D eigenvalue weighted by molar-refractivity contribution is -0.175. The van der Waals surface area contributed by atoms with Crippen molar-refractivity contribution in [2.45, 2.75) is 44.8 Å². The molecule has 1 saturated heterocycles. The summed E-state index contributed by atoms with van der Waals surface area (Å²) in [6.07, 6.45) is 2.46. The van der Waals surface area contributed by atoms with E-state index in [9.17, 15) is 9.59 Å². The molecule has 2 N–H and O–H groups in total. The molecule has 2 aliphatic rings. The quantitative estimate of drug-likeness (QED) is 0.865. The van der Waals surface area contributed by atoms with Crippen molar-refractivity contribution in [1.29, 1.82) is 0 Å². The van der Waals surface area contributed by atoms with Gasteiger partial charge in [-0.15, -0.1) is 0 Å². The van der Waals surface area contributed by atoms with Crippen LogP contribution in [0.5, 0.6) is 5.75 Å². The molecule has 2 amide bonds. The van der Waals surface area contributed by atoms with Crippen LogP contribution in [-0.4, -0.2) is 29.0 Å². The number of carbonyl (C=O) groups is 2. The van der Waals surface area contributed by atoms with E-state index in [1.54, 1.807) is 4.90 Å². The van der Waals surface area contributed by atoms with E-state index in [1.165, 1.54) is 0 Å². The van der Waals surface area contributed by atoms with Crippen molar-refractivity contribution in [3.05, 3.63) is 29.8 Å². The summed E-state index contributed by atoms with van der Waals surface area (Å²) in [7, 11) is 0. The third-order valence-electron chi connectivity index (χ3n) is 4.79. The first kappa shape index (κ1) is 14.9. The van der Waals surface area contributed by atoms with Gasteiger partial charge in [0.2, 0.25) is 11.8 Å². The maximum Gasteiger partial charge on any atom is 0.238 e. The van der Waals surface area contributed by atoms with Crippen LogP contribution in [0.2, 0.25) is 0 Å². The summed E-state index contributed by atoms with van der Waals surface area (Å²) in [4.78, 5) is 26.5. The fourth-order valence-electron chi connectivity index (χ4n) is 3.70. The lowest BCUT2D eigenvalue weighted by atomic mass is 9.73. The molecule has 0 radical (unpaired) electrons. The van der Waals surface area contributed by atoms with Gasteiger partial charge >= 0.3 is 0 Å². The zero-order valence-corrected chi connectivity index (χ0v) is 13.0. The number of unbranched alkanes of at least 4 members (excludes halogenated alkanes) is 1. The van der Waals surface area contributed by atoms with E-state index in [-0.39, 0.29) is 11.8 Å². The fraction of sp³-hybridized carbons (Fsp3) is 0.529. The molecule has 3 rings (SSSR count). The van der Waals surface area contributed by atoms with Crippen LogP contribution in [0.4, 0.5) is 0 Å². The number of para-hydroxylation sites is 1. The topological polar surface area (TPSA) is 72.6 Å². The summed E-state index contributed by atoms with van der Waals surface area (Å²) < 4.78 is 6.15. The summed E-state index contributed by atoms with van der Waals surface area (Å²) in [5.41, 5.74) is 5.77. The molecule has 0 aromatic heterocycles. The zero-order chi connectivity index (χ0) is 15.9. The normalized spacial score (nSPS) is 29.7. The van der Waals surface area contributed by atoms with Crippen molar-refractivity contribution in [3.8, 4) is 5.75 Å². The molecular weight excluding hydrogens is 280 g/mol. The molecule has 5 nitrogen and oxygen atoms in total. The SMILES string of the molecule is CCCCN1C(=O)[C@@H](C(N)=O)[C@H]2C[C@@]1(C)Oc1ccccc12. The summed E-state index contributed by atoms with van der Waals surface area (Å²) in [6.45, 7) is 4.59. The maximum absolute atomic E-state index is 12.8. The highest BCUT2D eigenvalue weighted by atomic mass is 16.5. The van der Waals surface area contributed by atoms with Gasteiger partial charge in [-0.1, -0.05) is 31.5 Å². The molecule has 2 bridgehead atoms. The second-order valence-corrected chi connectivity index (χ2v) is 6.35. The Morgan fingerprint density at radius 2 is 2.18 bits per heavy atom. The Morgan fingerprint density at radius 1 is 1.45 bits per heavy atom. The summed E-state index contributed by atoms with van der Waals surface area (Å²) in [5.74, 6) is -0.987. The van der Waals surface area contributed by atoms with Crippen molar-refractivity contribution in [2.75, 3.05) is 6.54 Å².